The lowest BCUT2D eigenvalue weighted by atomic mass is 9.95. The number of hydrogen-bond donors (Lipinski definition) is 0. The number of halogens is 1. The summed E-state index contributed by atoms with van der Waals surface area (Å²) in [5.41, 5.74) is 3.11. The first-order valence-corrected chi connectivity index (χ1v) is 7.09. The number of non-ortho nitro benzene ring substituents is 1. The summed E-state index contributed by atoms with van der Waals surface area (Å²) in [7, 11) is 0. The minimum atomic E-state index is -0.466. The average Bonchev–Trinajstić information content (AvgIpc) is 2.74. The largest absolute Gasteiger partial charge is 0.296 e. The summed E-state index contributed by atoms with van der Waals surface area (Å²) < 4.78 is 0. The first-order valence-electron chi connectivity index (χ1n) is 6.72. The molecule has 0 aliphatic carbocycles. The predicted octanol–water partition coefficient (Wildman–Crippen LogP) is 3.20. The minimum Gasteiger partial charge on any atom is -0.296 e. The van der Waals surface area contributed by atoms with Gasteiger partial charge in [0.2, 0.25) is 0 Å². The van der Waals surface area contributed by atoms with Crippen molar-refractivity contribution in [2.75, 3.05) is 0 Å². The van der Waals surface area contributed by atoms with Crippen molar-refractivity contribution >= 4 is 35.0 Å². The number of nitro benzene ring substituents is 1. The van der Waals surface area contributed by atoms with Crippen LogP contribution >= 0.6 is 11.6 Å². The van der Waals surface area contributed by atoms with Crippen molar-refractivity contribution in [2.24, 2.45) is 10.2 Å². The monoisotopic (exact) mass is 327 g/mol. The molecule has 6 nitrogen and oxygen atoms in total. The molecule has 114 valence electrons. The molecular formula is C16H10ClN3O3. The number of nitrogens with zero attached hydrogens (tertiary/aromatic N) is 3. The van der Waals surface area contributed by atoms with Crippen molar-refractivity contribution in [3.63, 3.8) is 0 Å². The zero-order chi connectivity index (χ0) is 16.4. The van der Waals surface area contributed by atoms with Crippen LogP contribution in [-0.2, 0) is 11.2 Å². The summed E-state index contributed by atoms with van der Waals surface area (Å²) in [6.07, 6.45) is 1.02. The highest BCUT2D eigenvalue weighted by atomic mass is 35.5. The highest BCUT2D eigenvalue weighted by Gasteiger charge is 2.18. The molecule has 0 saturated carbocycles. The van der Waals surface area contributed by atoms with Gasteiger partial charge in [-0.05, 0) is 29.8 Å². The standard InChI is InChI=1S/C16H10ClN3O3/c17-12-4-1-11-7-13(9-21)18-19-16(15(11)8-12)10-2-5-14(6-3-10)20(22)23/h1-6,8-9H,7H2. The molecule has 1 aliphatic rings. The highest BCUT2D eigenvalue weighted by Crippen LogP contribution is 2.24. The van der Waals surface area contributed by atoms with Crippen LogP contribution in [0.5, 0.6) is 0 Å². The number of carbonyl (C=O) groups is 1. The van der Waals surface area contributed by atoms with Crippen LogP contribution in [-0.4, -0.2) is 22.6 Å². The van der Waals surface area contributed by atoms with E-state index in [0.29, 0.717) is 34.7 Å². The fraction of sp³-hybridized carbons (Fsp3) is 0.0625. The van der Waals surface area contributed by atoms with Crippen LogP contribution in [0.1, 0.15) is 16.7 Å². The molecule has 0 spiro atoms. The normalized spacial score (nSPS) is 13.4. The lowest BCUT2D eigenvalue weighted by molar-refractivity contribution is -0.384. The SMILES string of the molecule is O=CC1=NN=C(c2ccc([N+](=O)[O-])cc2)c2cc(Cl)ccc2C1. The Morgan fingerprint density at radius 3 is 2.52 bits per heavy atom. The minimum absolute atomic E-state index is 0.00799. The van der Waals surface area contributed by atoms with Gasteiger partial charge >= 0.3 is 0 Å². The summed E-state index contributed by atoms with van der Waals surface area (Å²) in [6, 6.07) is 11.3. The van der Waals surface area contributed by atoms with Crippen LogP contribution in [0.3, 0.4) is 0 Å². The van der Waals surface area contributed by atoms with Gasteiger partial charge in [0.25, 0.3) is 5.69 Å². The molecule has 0 fully saturated rings. The number of nitro groups is 1. The van der Waals surface area contributed by atoms with Gasteiger partial charge in [0, 0.05) is 34.7 Å². The lowest BCUT2D eigenvalue weighted by Gasteiger charge is -2.09. The van der Waals surface area contributed by atoms with Gasteiger partial charge in [0.05, 0.1) is 4.92 Å². The predicted molar refractivity (Wildman–Crippen MR) is 87.4 cm³/mol. The summed E-state index contributed by atoms with van der Waals surface area (Å²) in [4.78, 5) is 21.4. The Morgan fingerprint density at radius 1 is 1.13 bits per heavy atom. The van der Waals surface area contributed by atoms with Gasteiger partial charge in [-0.3, -0.25) is 14.9 Å². The van der Waals surface area contributed by atoms with E-state index < -0.39 is 4.92 Å². The van der Waals surface area contributed by atoms with Gasteiger partial charge in [0.15, 0.2) is 6.29 Å². The molecule has 0 amide bonds. The molecule has 0 radical (unpaired) electrons. The Labute approximate surface area is 136 Å². The van der Waals surface area contributed by atoms with Crippen LogP contribution in [0.25, 0.3) is 0 Å². The summed E-state index contributed by atoms with van der Waals surface area (Å²) in [5.74, 6) is 0. The van der Waals surface area contributed by atoms with Crippen LogP contribution in [0.4, 0.5) is 5.69 Å². The van der Waals surface area contributed by atoms with Crippen molar-refractivity contribution in [3.05, 3.63) is 74.3 Å². The average molecular weight is 328 g/mol. The van der Waals surface area contributed by atoms with E-state index in [4.69, 9.17) is 11.6 Å². The summed E-state index contributed by atoms with van der Waals surface area (Å²) in [5, 5.41) is 19.4. The van der Waals surface area contributed by atoms with Crippen LogP contribution in [0.15, 0.2) is 52.7 Å². The highest BCUT2D eigenvalue weighted by molar-refractivity contribution is 6.32. The van der Waals surface area contributed by atoms with Gasteiger partial charge in [0.1, 0.15) is 11.4 Å². The molecule has 2 aromatic rings. The second-order valence-corrected chi connectivity index (χ2v) is 5.38. The molecule has 3 rings (SSSR count). The molecule has 2 aromatic carbocycles. The van der Waals surface area contributed by atoms with Crippen LogP contribution in [0.2, 0.25) is 5.02 Å². The third-order valence-corrected chi connectivity index (χ3v) is 3.70. The van der Waals surface area contributed by atoms with Gasteiger partial charge in [-0.25, -0.2) is 0 Å². The number of rotatable bonds is 3. The molecule has 0 N–H and O–H groups in total. The Morgan fingerprint density at radius 2 is 1.87 bits per heavy atom. The van der Waals surface area contributed by atoms with Crippen molar-refractivity contribution in [3.8, 4) is 0 Å². The first-order chi connectivity index (χ1) is 11.1. The van der Waals surface area contributed by atoms with Crippen molar-refractivity contribution < 1.29 is 9.72 Å². The number of aldehydes is 1. The molecule has 0 unspecified atom stereocenters. The van der Waals surface area contributed by atoms with E-state index in [0.717, 1.165) is 11.1 Å². The van der Waals surface area contributed by atoms with E-state index in [1.807, 2.05) is 6.07 Å². The fourth-order valence-electron chi connectivity index (χ4n) is 2.34. The van der Waals surface area contributed by atoms with E-state index in [9.17, 15) is 14.9 Å². The second-order valence-electron chi connectivity index (χ2n) is 4.94. The zero-order valence-electron chi connectivity index (χ0n) is 11.8. The lowest BCUT2D eigenvalue weighted by Crippen LogP contribution is -2.08. The van der Waals surface area contributed by atoms with E-state index in [1.54, 1.807) is 24.3 Å². The van der Waals surface area contributed by atoms with Crippen molar-refractivity contribution in [1.29, 1.82) is 0 Å². The van der Waals surface area contributed by atoms with Gasteiger partial charge in [-0.15, -0.1) is 5.10 Å². The topological polar surface area (TPSA) is 84.9 Å². The smallest absolute Gasteiger partial charge is 0.269 e. The van der Waals surface area contributed by atoms with E-state index in [-0.39, 0.29) is 5.69 Å². The summed E-state index contributed by atoms with van der Waals surface area (Å²) in [6.45, 7) is 0. The molecule has 0 aromatic heterocycles. The molecule has 0 atom stereocenters. The number of hydrogen-bond acceptors (Lipinski definition) is 5. The van der Waals surface area contributed by atoms with E-state index in [2.05, 4.69) is 10.2 Å². The number of carbonyl (C=O) groups excluding carboxylic acids is 1. The molecule has 1 aliphatic heterocycles. The first kappa shape index (κ1) is 15.1. The summed E-state index contributed by atoms with van der Waals surface area (Å²) >= 11 is 6.07. The second kappa shape index (κ2) is 6.10. The van der Waals surface area contributed by atoms with Crippen LogP contribution < -0.4 is 0 Å². The number of benzene rings is 2. The molecule has 23 heavy (non-hydrogen) atoms. The zero-order valence-corrected chi connectivity index (χ0v) is 12.5. The maximum Gasteiger partial charge on any atom is 0.269 e. The van der Waals surface area contributed by atoms with E-state index >= 15 is 0 Å². The van der Waals surface area contributed by atoms with E-state index in [1.165, 1.54) is 12.1 Å². The Balaban J connectivity index is 2.14. The van der Waals surface area contributed by atoms with Crippen LogP contribution in [0, 0.1) is 10.1 Å². The van der Waals surface area contributed by atoms with Crippen molar-refractivity contribution in [1.82, 2.24) is 0 Å². The third kappa shape index (κ3) is 3.02. The van der Waals surface area contributed by atoms with Crippen molar-refractivity contribution in [2.45, 2.75) is 6.42 Å². The third-order valence-electron chi connectivity index (χ3n) is 3.46. The maximum atomic E-state index is 11.1. The molecule has 1 heterocycles. The quantitative estimate of drug-likeness (QED) is 0.493. The van der Waals surface area contributed by atoms with Gasteiger partial charge in [-0.2, -0.15) is 5.10 Å². The van der Waals surface area contributed by atoms with Gasteiger partial charge in [-0.1, -0.05) is 17.7 Å². The maximum absolute atomic E-state index is 11.1. The molecular weight excluding hydrogens is 318 g/mol. The molecule has 7 heteroatoms. The Bertz CT molecular complexity index is 857. The number of fused-ring (bicyclic) bond motifs is 1. The van der Waals surface area contributed by atoms with Gasteiger partial charge < -0.3 is 0 Å². The molecule has 0 saturated heterocycles. The Kier molecular flexibility index (Phi) is 3.99. The molecule has 0 bridgehead atoms. The fourth-order valence-corrected chi connectivity index (χ4v) is 2.51. The Hall–Kier alpha value is -2.86.